The number of thiazole rings is 1. The van der Waals surface area contributed by atoms with Crippen LogP contribution in [-0.4, -0.2) is 17.3 Å². The highest BCUT2D eigenvalue weighted by atomic mass is 32.1. The highest BCUT2D eigenvalue weighted by Crippen LogP contribution is 2.23. The monoisotopic (exact) mass is 330 g/mol. The second-order valence-electron chi connectivity index (χ2n) is 4.26. The van der Waals surface area contributed by atoms with Crippen LogP contribution in [0.2, 0.25) is 0 Å². The molecule has 118 valence electrons. The number of halogens is 3. The Bertz CT molecular complexity index is 652. The topological polar surface area (TPSA) is 72.5 Å². The van der Waals surface area contributed by atoms with Crippen molar-refractivity contribution in [3.63, 3.8) is 0 Å². The van der Waals surface area contributed by atoms with Crippen LogP contribution in [0.15, 0.2) is 35.5 Å². The molecule has 9 heteroatoms. The van der Waals surface area contributed by atoms with Crippen LogP contribution in [-0.2, 0) is 6.54 Å². The van der Waals surface area contributed by atoms with Gasteiger partial charge in [-0.15, -0.1) is 24.5 Å². The Hall–Kier alpha value is -2.29. The summed E-state index contributed by atoms with van der Waals surface area (Å²) in [6.45, 7) is 2.28. The van der Waals surface area contributed by atoms with Gasteiger partial charge in [-0.1, -0.05) is 0 Å². The van der Waals surface area contributed by atoms with Crippen molar-refractivity contribution in [3.8, 4) is 5.75 Å². The number of nitrogens with two attached hydrogens (primary N) is 1. The molecule has 0 aliphatic rings. The predicted octanol–water partition coefficient (Wildman–Crippen LogP) is 3.28. The van der Waals surface area contributed by atoms with Gasteiger partial charge in [0.2, 0.25) is 0 Å². The van der Waals surface area contributed by atoms with E-state index < -0.39 is 6.36 Å². The molecule has 0 atom stereocenters. The Morgan fingerprint density at radius 3 is 2.59 bits per heavy atom. The maximum absolute atomic E-state index is 12.0. The van der Waals surface area contributed by atoms with E-state index in [0.717, 1.165) is 9.88 Å². The first-order chi connectivity index (χ1) is 10.3. The van der Waals surface area contributed by atoms with Gasteiger partial charge in [0.25, 0.3) is 0 Å². The second kappa shape index (κ2) is 6.65. The SMILES string of the molecule is Cc1cnc(CN=C(N)Nc2ccc(OC(F)(F)F)cc2)s1. The summed E-state index contributed by atoms with van der Waals surface area (Å²) in [4.78, 5) is 9.33. The molecule has 0 saturated heterocycles. The number of aliphatic imine (C=N–C) groups is 1. The number of aromatic nitrogens is 1. The Balaban J connectivity index is 1.92. The van der Waals surface area contributed by atoms with Gasteiger partial charge in [0, 0.05) is 16.8 Å². The minimum absolute atomic E-state index is 0.150. The zero-order chi connectivity index (χ0) is 16.2. The molecule has 0 unspecified atom stereocenters. The summed E-state index contributed by atoms with van der Waals surface area (Å²) in [5.74, 6) is -0.149. The quantitative estimate of drug-likeness (QED) is 0.666. The number of aryl methyl sites for hydroxylation is 1. The maximum atomic E-state index is 12.0. The molecule has 0 amide bonds. The van der Waals surface area contributed by atoms with E-state index in [1.165, 1.54) is 35.6 Å². The van der Waals surface area contributed by atoms with E-state index in [4.69, 9.17) is 5.73 Å². The molecule has 1 aromatic carbocycles. The molecule has 5 nitrogen and oxygen atoms in total. The first-order valence-electron chi connectivity index (χ1n) is 6.16. The number of ether oxygens (including phenoxy) is 1. The van der Waals surface area contributed by atoms with Crippen LogP contribution < -0.4 is 15.8 Å². The lowest BCUT2D eigenvalue weighted by molar-refractivity contribution is -0.274. The van der Waals surface area contributed by atoms with Crippen molar-refractivity contribution in [1.82, 2.24) is 4.98 Å². The highest BCUT2D eigenvalue weighted by Gasteiger charge is 2.30. The first-order valence-corrected chi connectivity index (χ1v) is 6.97. The molecule has 1 heterocycles. The number of benzene rings is 1. The van der Waals surface area contributed by atoms with E-state index in [-0.39, 0.29) is 11.7 Å². The molecule has 2 rings (SSSR count). The summed E-state index contributed by atoms with van der Waals surface area (Å²) in [5, 5.41) is 3.61. The van der Waals surface area contributed by atoms with E-state index in [9.17, 15) is 13.2 Å². The Labute approximate surface area is 128 Å². The summed E-state index contributed by atoms with van der Waals surface area (Å²) in [7, 11) is 0. The number of hydrogen-bond donors (Lipinski definition) is 2. The van der Waals surface area contributed by atoms with Crippen LogP contribution in [0.1, 0.15) is 9.88 Å². The number of alkyl halides is 3. The summed E-state index contributed by atoms with van der Waals surface area (Å²) in [5.41, 5.74) is 6.21. The summed E-state index contributed by atoms with van der Waals surface area (Å²) in [6.07, 6.45) is -2.96. The number of nitrogens with zero attached hydrogens (tertiary/aromatic N) is 2. The molecule has 0 aliphatic heterocycles. The zero-order valence-electron chi connectivity index (χ0n) is 11.5. The molecule has 0 saturated carbocycles. The van der Waals surface area contributed by atoms with Crippen molar-refractivity contribution in [2.75, 3.05) is 5.32 Å². The third-order valence-electron chi connectivity index (χ3n) is 2.41. The average molecular weight is 330 g/mol. The molecule has 1 aromatic heterocycles. The largest absolute Gasteiger partial charge is 0.573 e. The Kier molecular flexibility index (Phi) is 4.86. The molecule has 0 radical (unpaired) electrons. The fourth-order valence-electron chi connectivity index (χ4n) is 1.55. The molecular formula is C13H13F3N4OS. The molecule has 3 N–H and O–H groups in total. The number of nitrogens with one attached hydrogen (secondary N) is 1. The molecule has 22 heavy (non-hydrogen) atoms. The van der Waals surface area contributed by atoms with Gasteiger partial charge >= 0.3 is 6.36 Å². The van der Waals surface area contributed by atoms with Gasteiger partial charge in [0.05, 0.1) is 6.54 Å². The molecule has 0 aliphatic carbocycles. The van der Waals surface area contributed by atoms with Gasteiger partial charge < -0.3 is 15.8 Å². The van der Waals surface area contributed by atoms with Gasteiger partial charge in [-0.05, 0) is 31.2 Å². The van der Waals surface area contributed by atoms with Crippen molar-refractivity contribution in [2.24, 2.45) is 10.7 Å². The number of guanidine groups is 1. The fourth-order valence-corrected chi connectivity index (χ4v) is 2.27. The third-order valence-corrected chi connectivity index (χ3v) is 3.31. The molecule has 2 aromatic rings. The van der Waals surface area contributed by atoms with Gasteiger partial charge in [0.1, 0.15) is 10.8 Å². The summed E-state index contributed by atoms with van der Waals surface area (Å²) < 4.78 is 39.9. The van der Waals surface area contributed by atoms with E-state index >= 15 is 0 Å². The van der Waals surface area contributed by atoms with Crippen LogP contribution in [0.3, 0.4) is 0 Å². The molecular weight excluding hydrogens is 317 g/mol. The van der Waals surface area contributed by atoms with E-state index in [1.807, 2.05) is 6.92 Å². The minimum Gasteiger partial charge on any atom is -0.406 e. The maximum Gasteiger partial charge on any atom is 0.573 e. The van der Waals surface area contributed by atoms with E-state index in [0.29, 0.717) is 12.2 Å². The minimum atomic E-state index is -4.71. The summed E-state index contributed by atoms with van der Waals surface area (Å²) in [6, 6.07) is 5.20. The smallest absolute Gasteiger partial charge is 0.406 e. The average Bonchev–Trinajstić information content (AvgIpc) is 2.83. The lowest BCUT2D eigenvalue weighted by Gasteiger charge is -2.10. The van der Waals surface area contributed by atoms with Crippen molar-refractivity contribution in [2.45, 2.75) is 19.8 Å². The zero-order valence-corrected chi connectivity index (χ0v) is 12.3. The third kappa shape index (κ3) is 5.24. The predicted molar refractivity (Wildman–Crippen MR) is 78.9 cm³/mol. The normalized spacial score (nSPS) is 12.3. The van der Waals surface area contributed by atoms with Crippen LogP contribution in [0, 0.1) is 6.92 Å². The second-order valence-corrected chi connectivity index (χ2v) is 5.58. The van der Waals surface area contributed by atoms with Crippen molar-refractivity contribution >= 4 is 23.0 Å². The van der Waals surface area contributed by atoms with Crippen LogP contribution in [0.5, 0.6) is 5.75 Å². The van der Waals surface area contributed by atoms with Gasteiger partial charge in [-0.25, -0.2) is 9.98 Å². The lowest BCUT2D eigenvalue weighted by Crippen LogP contribution is -2.22. The number of anilines is 1. The number of rotatable bonds is 4. The van der Waals surface area contributed by atoms with E-state index in [1.54, 1.807) is 6.20 Å². The first kappa shape index (κ1) is 16.1. The van der Waals surface area contributed by atoms with Crippen molar-refractivity contribution in [1.29, 1.82) is 0 Å². The molecule has 0 bridgehead atoms. The molecule has 0 fully saturated rings. The van der Waals surface area contributed by atoms with Gasteiger partial charge in [-0.3, -0.25) is 0 Å². The summed E-state index contributed by atoms with van der Waals surface area (Å²) >= 11 is 1.52. The Morgan fingerprint density at radius 1 is 1.36 bits per heavy atom. The molecule has 0 spiro atoms. The van der Waals surface area contributed by atoms with E-state index in [2.05, 4.69) is 20.0 Å². The van der Waals surface area contributed by atoms with Gasteiger partial charge in [0.15, 0.2) is 5.96 Å². The lowest BCUT2D eigenvalue weighted by atomic mass is 10.3. The van der Waals surface area contributed by atoms with Crippen molar-refractivity contribution in [3.05, 3.63) is 40.3 Å². The van der Waals surface area contributed by atoms with Gasteiger partial charge in [-0.2, -0.15) is 0 Å². The Morgan fingerprint density at radius 2 is 2.05 bits per heavy atom. The van der Waals surface area contributed by atoms with Crippen LogP contribution >= 0.6 is 11.3 Å². The standard InChI is InChI=1S/C13H13F3N4OS/c1-8-6-18-11(22-8)7-19-12(17)20-9-2-4-10(5-3-9)21-13(14,15)16/h2-6H,7H2,1H3,(H3,17,19,20). The van der Waals surface area contributed by atoms with Crippen molar-refractivity contribution < 1.29 is 17.9 Å². The van der Waals surface area contributed by atoms with Crippen LogP contribution in [0.4, 0.5) is 18.9 Å². The fraction of sp³-hybridized carbons (Fsp3) is 0.231. The highest BCUT2D eigenvalue weighted by molar-refractivity contribution is 7.11. The number of hydrogen-bond acceptors (Lipinski definition) is 4. The van der Waals surface area contributed by atoms with Crippen LogP contribution in [0.25, 0.3) is 0 Å².